The average molecular weight is 431 g/mol. The Labute approximate surface area is 158 Å². The summed E-state index contributed by atoms with van der Waals surface area (Å²) in [5.74, 6) is 1.07. The fraction of sp³-hybridized carbons (Fsp3) is 0.438. The predicted molar refractivity (Wildman–Crippen MR) is 99.1 cm³/mol. The molecule has 1 fully saturated rings. The molecule has 0 aromatic carbocycles. The second kappa shape index (κ2) is 7.37. The van der Waals surface area contributed by atoms with E-state index in [-0.39, 0.29) is 10.7 Å². The van der Waals surface area contributed by atoms with Gasteiger partial charge in [-0.1, -0.05) is 11.6 Å². The minimum Gasteiger partial charge on any atom is -0.464 e. The van der Waals surface area contributed by atoms with Gasteiger partial charge in [-0.3, -0.25) is 0 Å². The summed E-state index contributed by atoms with van der Waals surface area (Å²) in [5, 5.41) is 0.253. The summed E-state index contributed by atoms with van der Waals surface area (Å²) in [6.45, 7) is 3.43. The zero-order valence-electron chi connectivity index (χ0n) is 13.4. The predicted octanol–water partition coefficient (Wildman–Crippen LogP) is 4.64. The van der Waals surface area contributed by atoms with Crippen LogP contribution < -0.4 is 4.90 Å². The minimum atomic E-state index is -0.527. The van der Waals surface area contributed by atoms with Crippen LogP contribution in [0.2, 0.25) is 5.02 Å². The topological polar surface area (TPSA) is 55.3 Å². The Bertz CT molecular complexity index is 764. The minimum absolute atomic E-state index is 0.150. The van der Waals surface area contributed by atoms with E-state index in [2.05, 4.69) is 36.9 Å². The molecule has 0 N–H and O–H groups in total. The molecule has 2 heterocycles. The lowest BCUT2D eigenvalue weighted by Crippen LogP contribution is -2.25. The van der Waals surface area contributed by atoms with Crippen molar-refractivity contribution in [3.05, 3.63) is 37.3 Å². The van der Waals surface area contributed by atoms with Crippen LogP contribution in [0.15, 0.2) is 15.9 Å². The van der Waals surface area contributed by atoms with Gasteiger partial charge in [0.25, 0.3) is 0 Å². The molecule has 1 aliphatic carbocycles. The third-order valence-electron chi connectivity index (χ3n) is 3.83. The number of nitrogens with zero attached hydrogens (tertiary/aromatic N) is 3. The molecule has 5 nitrogen and oxygen atoms in total. The normalized spacial score (nSPS) is 13.8. The average Bonchev–Trinajstić information content (AvgIpc) is 3.35. The van der Waals surface area contributed by atoms with Gasteiger partial charge >= 0.3 is 5.97 Å². The van der Waals surface area contributed by atoms with Gasteiger partial charge in [0.15, 0.2) is 11.5 Å². The molecular weight excluding hydrogens is 414 g/mol. The summed E-state index contributed by atoms with van der Waals surface area (Å²) in [7, 11) is 1.33. The first-order valence-corrected chi connectivity index (χ1v) is 9.67. The van der Waals surface area contributed by atoms with Gasteiger partial charge in [0.05, 0.1) is 17.4 Å². The maximum atomic E-state index is 12.0. The first kappa shape index (κ1) is 17.6. The van der Waals surface area contributed by atoms with Crippen molar-refractivity contribution in [2.45, 2.75) is 32.2 Å². The fourth-order valence-corrected chi connectivity index (χ4v) is 4.16. The number of halogens is 2. The lowest BCUT2D eigenvalue weighted by Gasteiger charge is -2.23. The van der Waals surface area contributed by atoms with E-state index in [0.717, 1.165) is 23.2 Å². The molecule has 0 unspecified atom stereocenters. The number of methoxy groups -OCH3 is 1. The summed E-state index contributed by atoms with van der Waals surface area (Å²) in [5.41, 5.74) is 0.150. The highest BCUT2D eigenvalue weighted by Gasteiger charge is 2.31. The standard InChI is InChI=1S/C16H17BrClN3O2S/c1-3-21(8-10-6-7-11(17)24-10)15-12(18)13(16(22)23-2)19-14(20-15)9-4-5-9/h6-7,9H,3-5,8H2,1-2H3. The number of thiophene rings is 1. The quantitative estimate of drug-likeness (QED) is 0.625. The van der Waals surface area contributed by atoms with Crippen LogP contribution in [-0.2, 0) is 11.3 Å². The van der Waals surface area contributed by atoms with Gasteiger partial charge in [-0.2, -0.15) is 0 Å². The first-order valence-electron chi connectivity index (χ1n) is 7.68. The first-order chi connectivity index (χ1) is 11.5. The van der Waals surface area contributed by atoms with Gasteiger partial charge in [0.2, 0.25) is 0 Å². The maximum absolute atomic E-state index is 12.0. The molecule has 0 amide bonds. The number of ether oxygens (including phenoxy) is 1. The van der Waals surface area contributed by atoms with E-state index in [0.29, 0.717) is 24.1 Å². The van der Waals surface area contributed by atoms with Crippen molar-refractivity contribution in [1.82, 2.24) is 9.97 Å². The maximum Gasteiger partial charge on any atom is 0.358 e. The zero-order chi connectivity index (χ0) is 17.3. The van der Waals surface area contributed by atoms with Gasteiger partial charge in [-0.15, -0.1) is 11.3 Å². The molecule has 0 radical (unpaired) electrons. The summed E-state index contributed by atoms with van der Waals surface area (Å²) in [6.07, 6.45) is 2.09. The Balaban J connectivity index is 1.99. The van der Waals surface area contributed by atoms with E-state index in [1.165, 1.54) is 12.0 Å². The van der Waals surface area contributed by atoms with Crippen molar-refractivity contribution in [3.63, 3.8) is 0 Å². The molecule has 2 aromatic heterocycles. The molecule has 8 heteroatoms. The molecule has 0 atom stereocenters. The summed E-state index contributed by atoms with van der Waals surface area (Å²) < 4.78 is 5.91. The Morgan fingerprint density at radius 1 is 1.46 bits per heavy atom. The Kier molecular flexibility index (Phi) is 5.42. The monoisotopic (exact) mass is 429 g/mol. The third kappa shape index (κ3) is 3.73. The van der Waals surface area contributed by atoms with Crippen molar-refractivity contribution in [1.29, 1.82) is 0 Å². The molecule has 0 aliphatic heterocycles. The molecule has 1 aliphatic rings. The number of carbonyl (C=O) groups excluding carboxylic acids is 1. The number of anilines is 1. The summed E-state index contributed by atoms with van der Waals surface area (Å²) in [6, 6.07) is 4.08. The van der Waals surface area contributed by atoms with Gasteiger partial charge in [-0.25, -0.2) is 14.8 Å². The van der Waals surface area contributed by atoms with E-state index in [1.807, 2.05) is 13.0 Å². The van der Waals surface area contributed by atoms with Crippen LogP contribution in [0, 0.1) is 0 Å². The Hall–Kier alpha value is -1.18. The number of hydrogen-bond donors (Lipinski definition) is 0. The molecule has 24 heavy (non-hydrogen) atoms. The molecule has 0 saturated heterocycles. The van der Waals surface area contributed by atoms with Crippen molar-refractivity contribution < 1.29 is 9.53 Å². The van der Waals surface area contributed by atoms with Crippen molar-refractivity contribution in [2.75, 3.05) is 18.6 Å². The highest BCUT2D eigenvalue weighted by Crippen LogP contribution is 2.40. The number of carbonyl (C=O) groups is 1. The van der Waals surface area contributed by atoms with E-state index in [4.69, 9.17) is 16.3 Å². The largest absolute Gasteiger partial charge is 0.464 e. The SMILES string of the molecule is CCN(Cc1ccc(Br)s1)c1nc(C2CC2)nc(C(=O)OC)c1Cl. The lowest BCUT2D eigenvalue weighted by molar-refractivity contribution is 0.0593. The highest BCUT2D eigenvalue weighted by molar-refractivity contribution is 9.11. The van der Waals surface area contributed by atoms with Gasteiger partial charge < -0.3 is 9.64 Å². The van der Waals surface area contributed by atoms with Crippen LogP contribution in [0.1, 0.15) is 46.9 Å². The lowest BCUT2D eigenvalue weighted by atomic mass is 10.3. The molecule has 1 saturated carbocycles. The van der Waals surface area contributed by atoms with Crippen molar-refractivity contribution >= 4 is 50.7 Å². The van der Waals surface area contributed by atoms with Crippen LogP contribution in [0.25, 0.3) is 0 Å². The van der Waals surface area contributed by atoms with Crippen molar-refractivity contribution in [2.24, 2.45) is 0 Å². The molecule has 0 bridgehead atoms. The van der Waals surface area contributed by atoms with Crippen molar-refractivity contribution in [3.8, 4) is 0 Å². The van der Waals surface area contributed by atoms with Crippen LogP contribution in [0.4, 0.5) is 5.82 Å². The number of esters is 1. The van der Waals surface area contributed by atoms with E-state index in [9.17, 15) is 4.79 Å². The molecule has 128 valence electrons. The number of rotatable bonds is 6. The Morgan fingerprint density at radius 3 is 2.75 bits per heavy atom. The van der Waals surface area contributed by atoms with Crippen LogP contribution in [0.3, 0.4) is 0 Å². The molecule has 0 spiro atoms. The van der Waals surface area contributed by atoms with Gasteiger partial charge in [0, 0.05) is 17.3 Å². The number of hydrogen-bond acceptors (Lipinski definition) is 6. The molecule has 3 rings (SSSR count). The second-order valence-electron chi connectivity index (χ2n) is 5.55. The van der Waals surface area contributed by atoms with E-state index >= 15 is 0 Å². The summed E-state index contributed by atoms with van der Waals surface area (Å²) >= 11 is 11.6. The van der Waals surface area contributed by atoms with Crippen LogP contribution in [-0.4, -0.2) is 29.6 Å². The number of aromatic nitrogens is 2. The Morgan fingerprint density at radius 2 is 2.21 bits per heavy atom. The molecule has 2 aromatic rings. The van der Waals surface area contributed by atoms with Crippen LogP contribution in [0.5, 0.6) is 0 Å². The van der Waals surface area contributed by atoms with Gasteiger partial charge in [-0.05, 0) is 47.8 Å². The zero-order valence-corrected chi connectivity index (χ0v) is 16.5. The van der Waals surface area contributed by atoms with Crippen LogP contribution >= 0.6 is 38.9 Å². The van der Waals surface area contributed by atoms with Gasteiger partial charge in [0.1, 0.15) is 10.8 Å². The smallest absolute Gasteiger partial charge is 0.358 e. The van der Waals surface area contributed by atoms with E-state index in [1.54, 1.807) is 11.3 Å². The second-order valence-corrected chi connectivity index (χ2v) is 8.48. The molecular formula is C16H17BrClN3O2S. The fourth-order valence-electron chi connectivity index (χ4n) is 2.38. The van der Waals surface area contributed by atoms with E-state index < -0.39 is 5.97 Å². The highest BCUT2D eigenvalue weighted by atomic mass is 79.9. The summed E-state index contributed by atoms with van der Waals surface area (Å²) in [4.78, 5) is 24.3. The third-order valence-corrected chi connectivity index (χ3v) is 5.79.